The van der Waals surface area contributed by atoms with Gasteiger partial charge in [-0.15, -0.1) is 0 Å². The third-order valence-electron chi connectivity index (χ3n) is 5.33. The third-order valence-corrected chi connectivity index (χ3v) is 5.33. The summed E-state index contributed by atoms with van der Waals surface area (Å²) >= 11 is 0. The molecule has 3 rings (SSSR count). The fourth-order valence-electron chi connectivity index (χ4n) is 3.56. The molecule has 1 fully saturated rings. The molecule has 1 heterocycles. The van der Waals surface area contributed by atoms with Crippen molar-refractivity contribution in [2.75, 3.05) is 32.6 Å². The summed E-state index contributed by atoms with van der Waals surface area (Å²) in [5, 5.41) is 15.6. The van der Waals surface area contributed by atoms with Crippen LogP contribution in [0.5, 0.6) is 11.5 Å². The van der Waals surface area contributed by atoms with Crippen LogP contribution < -0.4 is 20.1 Å². The fraction of sp³-hybridized carbons (Fsp3) is 0.348. The standard InChI is InChI=1S/C23H26N4O4/c1-30-21-6-4-17(12-22(21)31-2)14-25-23(29)19-11-16(13-24)3-5-20(19)26-18-7-9-27(15-28)10-8-18/h3-6,11-12,15,18,26H,7-10,14H2,1-2H3,(H,25,29). The zero-order chi connectivity index (χ0) is 22.2. The molecule has 2 amide bonds. The van der Waals surface area contributed by atoms with Gasteiger partial charge in [-0.25, -0.2) is 0 Å². The highest BCUT2D eigenvalue weighted by atomic mass is 16.5. The Morgan fingerprint density at radius 3 is 2.55 bits per heavy atom. The molecule has 0 unspecified atom stereocenters. The topological polar surface area (TPSA) is 104 Å². The molecule has 2 N–H and O–H groups in total. The Bertz CT molecular complexity index is 978. The maximum atomic E-state index is 13.0. The second-order valence-corrected chi connectivity index (χ2v) is 7.30. The first-order valence-corrected chi connectivity index (χ1v) is 10.1. The summed E-state index contributed by atoms with van der Waals surface area (Å²) < 4.78 is 10.5. The Kier molecular flexibility index (Phi) is 7.33. The van der Waals surface area contributed by atoms with Gasteiger partial charge in [0.25, 0.3) is 5.91 Å². The van der Waals surface area contributed by atoms with Gasteiger partial charge in [-0.1, -0.05) is 6.07 Å². The van der Waals surface area contributed by atoms with Crippen molar-refractivity contribution >= 4 is 18.0 Å². The summed E-state index contributed by atoms with van der Waals surface area (Å²) in [5.41, 5.74) is 2.36. The Labute approximate surface area is 181 Å². The number of nitriles is 1. The van der Waals surface area contributed by atoms with Crippen LogP contribution in [-0.2, 0) is 11.3 Å². The molecule has 0 atom stereocenters. The van der Waals surface area contributed by atoms with Crippen molar-refractivity contribution in [2.45, 2.75) is 25.4 Å². The number of amides is 2. The highest BCUT2D eigenvalue weighted by Crippen LogP contribution is 2.27. The molecule has 0 bridgehead atoms. The van der Waals surface area contributed by atoms with Crippen LogP contribution in [0.25, 0.3) is 0 Å². The lowest BCUT2D eigenvalue weighted by molar-refractivity contribution is -0.118. The van der Waals surface area contributed by atoms with Gasteiger partial charge in [0.15, 0.2) is 11.5 Å². The molecular formula is C23H26N4O4. The molecule has 162 valence electrons. The first kappa shape index (κ1) is 22.0. The number of carbonyl (C=O) groups excluding carboxylic acids is 2. The predicted octanol–water partition coefficient (Wildman–Crippen LogP) is 2.54. The number of benzene rings is 2. The van der Waals surface area contributed by atoms with Crippen molar-refractivity contribution in [2.24, 2.45) is 0 Å². The molecule has 1 aliphatic heterocycles. The van der Waals surface area contributed by atoms with Crippen molar-refractivity contribution < 1.29 is 19.1 Å². The molecule has 8 heteroatoms. The number of hydrogen-bond acceptors (Lipinski definition) is 6. The number of methoxy groups -OCH3 is 2. The lowest BCUT2D eigenvalue weighted by Gasteiger charge is -2.30. The normalized spacial score (nSPS) is 13.8. The zero-order valence-electron chi connectivity index (χ0n) is 17.7. The van der Waals surface area contributed by atoms with E-state index in [0.29, 0.717) is 47.9 Å². The van der Waals surface area contributed by atoms with Gasteiger partial charge in [0.1, 0.15) is 0 Å². The lowest BCUT2D eigenvalue weighted by Crippen LogP contribution is -2.38. The molecule has 0 saturated carbocycles. The molecule has 31 heavy (non-hydrogen) atoms. The van der Waals surface area contributed by atoms with Crippen LogP contribution in [-0.4, -0.2) is 50.6 Å². The summed E-state index contributed by atoms with van der Waals surface area (Å²) in [6.07, 6.45) is 2.46. The molecule has 0 radical (unpaired) electrons. The molecule has 2 aromatic carbocycles. The SMILES string of the molecule is COc1ccc(CNC(=O)c2cc(C#N)ccc2NC2CCN(C=O)CC2)cc1OC. The molecular weight excluding hydrogens is 396 g/mol. The summed E-state index contributed by atoms with van der Waals surface area (Å²) in [6, 6.07) is 12.7. The first-order valence-electron chi connectivity index (χ1n) is 10.1. The number of carbonyl (C=O) groups is 2. The number of anilines is 1. The van der Waals surface area contributed by atoms with Crippen molar-refractivity contribution in [1.29, 1.82) is 5.26 Å². The van der Waals surface area contributed by atoms with Gasteiger partial charge >= 0.3 is 0 Å². The Morgan fingerprint density at radius 2 is 1.90 bits per heavy atom. The minimum atomic E-state index is -0.278. The van der Waals surface area contributed by atoms with Gasteiger partial charge < -0.3 is 25.0 Å². The molecule has 0 aromatic heterocycles. The van der Waals surface area contributed by atoms with E-state index in [-0.39, 0.29) is 11.9 Å². The van der Waals surface area contributed by atoms with Crippen LogP contribution in [0.2, 0.25) is 0 Å². The summed E-state index contributed by atoms with van der Waals surface area (Å²) in [7, 11) is 3.13. The van der Waals surface area contributed by atoms with Crippen LogP contribution in [0.3, 0.4) is 0 Å². The minimum Gasteiger partial charge on any atom is -0.493 e. The van der Waals surface area contributed by atoms with E-state index in [0.717, 1.165) is 24.8 Å². The van der Waals surface area contributed by atoms with Crippen molar-refractivity contribution in [3.05, 3.63) is 53.1 Å². The van der Waals surface area contributed by atoms with E-state index < -0.39 is 0 Å². The van der Waals surface area contributed by atoms with Crippen LogP contribution in [0, 0.1) is 11.3 Å². The molecule has 0 aliphatic carbocycles. The average molecular weight is 422 g/mol. The average Bonchev–Trinajstić information content (AvgIpc) is 2.83. The van der Waals surface area contributed by atoms with Gasteiger partial charge in [-0.05, 0) is 48.7 Å². The number of piperidine rings is 1. The zero-order valence-corrected chi connectivity index (χ0v) is 17.7. The van der Waals surface area contributed by atoms with E-state index in [1.165, 1.54) is 0 Å². The molecule has 0 spiro atoms. The van der Waals surface area contributed by atoms with E-state index in [4.69, 9.17) is 9.47 Å². The predicted molar refractivity (Wildman–Crippen MR) is 116 cm³/mol. The van der Waals surface area contributed by atoms with Crippen molar-refractivity contribution in [3.8, 4) is 17.6 Å². The highest BCUT2D eigenvalue weighted by molar-refractivity contribution is 6.00. The summed E-state index contributed by atoms with van der Waals surface area (Å²) in [5.74, 6) is 0.927. The van der Waals surface area contributed by atoms with Gasteiger partial charge in [0.2, 0.25) is 6.41 Å². The van der Waals surface area contributed by atoms with Crippen molar-refractivity contribution in [1.82, 2.24) is 10.2 Å². The largest absolute Gasteiger partial charge is 0.493 e. The first-order chi connectivity index (χ1) is 15.1. The van der Waals surface area contributed by atoms with Crippen LogP contribution in [0.1, 0.15) is 34.3 Å². The Balaban J connectivity index is 1.72. The number of rotatable bonds is 8. The number of likely N-dealkylation sites (tertiary alicyclic amines) is 1. The quantitative estimate of drug-likeness (QED) is 0.634. The summed E-state index contributed by atoms with van der Waals surface area (Å²) in [4.78, 5) is 25.6. The van der Waals surface area contributed by atoms with Gasteiger partial charge in [-0.2, -0.15) is 5.26 Å². The van der Waals surface area contributed by atoms with E-state index in [2.05, 4.69) is 16.7 Å². The van der Waals surface area contributed by atoms with E-state index in [1.807, 2.05) is 12.1 Å². The molecule has 8 nitrogen and oxygen atoms in total. The van der Waals surface area contributed by atoms with Crippen LogP contribution in [0.15, 0.2) is 36.4 Å². The molecule has 1 saturated heterocycles. The number of nitrogens with zero attached hydrogens (tertiary/aromatic N) is 2. The van der Waals surface area contributed by atoms with Gasteiger partial charge in [0, 0.05) is 31.4 Å². The van der Waals surface area contributed by atoms with Gasteiger partial charge in [-0.3, -0.25) is 9.59 Å². The molecule has 2 aromatic rings. The second-order valence-electron chi connectivity index (χ2n) is 7.30. The maximum absolute atomic E-state index is 13.0. The van der Waals surface area contributed by atoms with E-state index in [1.54, 1.807) is 43.4 Å². The lowest BCUT2D eigenvalue weighted by atomic mass is 10.0. The molecule has 1 aliphatic rings. The number of hydrogen-bond donors (Lipinski definition) is 2. The van der Waals surface area contributed by atoms with E-state index in [9.17, 15) is 14.9 Å². The monoisotopic (exact) mass is 422 g/mol. The van der Waals surface area contributed by atoms with Crippen LogP contribution in [0.4, 0.5) is 5.69 Å². The Hall–Kier alpha value is -3.73. The minimum absolute atomic E-state index is 0.154. The Morgan fingerprint density at radius 1 is 1.16 bits per heavy atom. The summed E-state index contributed by atoms with van der Waals surface area (Å²) in [6.45, 7) is 1.66. The maximum Gasteiger partial charge on any atom is 0.253 e. The fourth-order valence-corrected chi connectivity index (χ4v) is 3.56. The highest BCUT2D eigenvalue weighted by Gasteiger charge is 2.20. The van der Waals surface area contributed by atoms with Gasteiger partial charge in [0.05, 0.1) is 31.4 Å². The smallest absolute Gasteiger partial charge is 0.253 e. The van der Waals surface area contributed by atoms with E-state index >= 15 is 0 Å². The third kappa shape index (κ3) is 5.45. The number of ether oxygens (including phenoxy) is 2. The van der Waals surface area contributed by atoms with Crippen LogP contribution >= 0.6 is 0 Å². The van der Waals surface area contributed by atoms with Crippen molar-refractivity contribution in [3.63, 3.8) is 0 Å². The number of nitrogens with one attached hydrogen (secondary N) is 2. The second kappa shape index (κ2) is 10.3.